The number of nitrogens with zero attached hydrogens (tertiary/aromatic N) is 2. The number of nitriles is 1. The second-order valence-corrected chi connectivity index (χ2v) is 5.13. The summed E-state index contributed by atoms with van der Waals surface area (Å²) in [6.45, 7) is 6.98. The molecule has 0 radical (unpaired) electrons. The van der Waals surface area contributed by atoms with Crippen LogP contribution in [0.1, 0.15) is 65.7 Å². The number of hydrogen-bond acceptors (Lipinski definition) is 2. The van der Waals surface area contributed by atoms with E-state index in [2.05, 4.69) is 13.0 Å². The standard InChI is InChI=1S/C15H28N2O/c1-5-8-9-12-17(4)14(18)15(13-16,10-6-2)11-7-3/h5-12H2,1-4H3. The monoisotopic (exact) mass is 252 g/mol. The van der Waals surface area contributed by atoms with Crippen molar-refractivity contribution < 1.29 is 4.79 Å². The van der Waals surface area contributed by atoms with Crippen molar-refractivity contribution in [3.63, 3.8) is 0 Å². The average Bonchev–Trinajstić information content (AvgIpc) is 2.37. The Labute approximate surface area is 112 Å². The van der Waals surface area contributed by atoms with Crippen molar-refractivity contribution in [2.45, 2.75) is 65.7 Å². The second-order valence-electron chi connectivity index (χ2n) is 5.13. The van der Waals surface area contributed by atoms with E-state index in [0.29, 0.717) is 12.8 Å². The van der Waals surface area contributed by atoms with Gasteiger partial charge in [0.2, 0.25) is 5.91 Å². The lowest BCUT2D eigenvalue weighted by atomic mass is 9.79. The fourth-order valence-corrected chi connectivity index (χ4v) is 2.42. The number of amides is 1. The summed E-state index contributed by atoms with van der Waals surface area (Å²) in [6, 6.07) is 2.30. The highest BCUT2D eigenvalue weighted by atomic mass is 16.2. The van der Waals surface area contributed by atoms with Gasteiger partial charge in [-0.3, -0.25) is 4.79 Å². The number of carbonyl (C=O) groups excluding carboxylic acids is 1. The van der Waals surface area contributed by atoms with E-state index in [1.807, 2.05) is 20.9 Å². The maximum atomic E-state index is 12.5. The highest BCUT2D eigenvalue weighted by Gasteiger charge is 2.38. The number of rotatable bonds is 9. The summed E-state index contributed by atoms with van der Waals surface area (Å²) in [6.07, 6.45) is 6.42. The van der Waals surface area contributed by atoms with Gasteiger partial charge in [-0.2, -0.15) is 5.26 Å². The largest absolute Gasteiger partial charge is 0.344 e. The van der Waals surface area contributed by atoms with Gasteiger partial charge in [0.25, 0.3) is 0 Å². The van der Waals surface area contributed by atoms with E-state index in [9.17, 15) is 10.1 Å². The topological polar surface area (TPSA) is 44.1 Å². The van der Waals surface area contributed by atoms with E-state index in [0.717, 1.165) is 38.6 Å². The molecule has 0 heterocycles. The van der Waals surface area contributed by atoms with E-state index in [1.54, 1.807) is 4.90 Å². The van der Waals surface area contributed by atoms with E-state index in [-0.39, 0.29) is 5.91 Å². The summed E-state index contributed by atoms with van der Waals surface area (Å²) in [5.41, 5.74) is -0.787. The van der Waals surface area contributed by atoms with Crippen molar-refractivity contribution in [3.8, 4) is 6.07 Å². The molecule has 0 aliphatic carbocycles. The fourth-order valence-electron chi connectivity index (χ4n) is 2.42. The molecule has 3 heteroatoms. The SMILES string of the molecule is CCCCCN(C)C(=O)C(C#N)(CCC)CCC. The second kappa shape index (κ2) is 8.97. The summed E-state index contributed by atoms with van der Waals surface area (Å²) in [7, 11) is 1.83. The van der Waals surface area contributed by atoms with Crippen LogP contribution in [0.25, 0.3) is 0 Å². The van der Waals surface area contributed by atoms with Crippen LogP contribution in [-0.2, 0) is 4.79 Å². The summed E-state index contributed by atoms with van der Waals surface area (Å²) in [5, 5.41) is 9.43. The van der Waals surface area contributed by atoms with Crippen LogP contribution in [0, 0.1) is 16.7 Å². The van der Waals surface area contributed by atoms with E-state index >= 15 is 0 Å². The van der Waals surface area contributed by atoms with Gasteiger partial charge in [0.15, 0.2) is 0 Å². The molecule has 0 aliphatic rings. The molecule has 1 amide bonds. The van der Waals surface area contributed by atoms with Gasteiger partial charge in [0, 0.05) is 13.6 Å². The van der Waals surface area contributed by atoms with Crippen LogP contribution in [0.2, 0.25) is 0 Å². The molecule has 0 aliphatic heterocycles. The van der Waals surface area contributed by atoms with Gasteiger partial charge in [-0.1, -0.05) is 46.5 Å². The summed E-state index contributed by atoms with van der Waals surface area (Å²) < 4.78 is 0. The predicted octanol–water partition coefficient (Wildman–Crippen LogP) is 3.75. The van der Waals surface area contributed by atoms with E-state index in [1.165, 1.54) is 0 Å². The third-order valence-electron chi connectivity index (χ3n) is 3.42. The molecule has 0 aromatic carbocycles. The van der Waals surface area contributed by atoms with Crippen molar-refractivity contribution in [2.24, 2.45) is 5.41 Å². The maximum Gasteiger partial charge on any atom is 0.242 e. The molecule has 0 unspecified atom stereocenters. The van der Waals surface area contributed by atoms with Gasteiger partial charge in [0.05, 0.1) is 6.07 Å². The molecule has 0 atom stereocenters. The number of hydrogen-bond donors (Lipinski definition) is 0. The molecule has 0 N–H and O–H groups in total. The van der Waals surface area contributed by atoms with Gasteiger partial charge >= 0.3 is 0 Å². The molecule has 104 valence electrons. The summed E-state index contributed by atoms with van der Waals surface area (Å²) in [5.74, 6) is 0.0183. The van der Waals surface area contributed by atoms with Crippen LogP contribution in [-0.4, -0.2) is 24.4 Å². The van der Waals surface area contributed by atoms with Crippen LogP contribution in [0.5, 0.6) is 0 Å². The first-order chi connectivity index (χ1) is 8.57. The molecule has 3 nitrogen and oxygen atoms in total. The Morgan fingerprint density at radius 2 is 1.67 bits per heavy atom. The Bertz CT molecular complexity index is 275. The third-order valence-corrected chi connectivity index (χ3v) is 3.42. The fraction of sp³-hybridized carbons (Fsp3) is 0.867. The van der Waals surface area contributed by atoms with Crippen LogP contribution >= 0.6 is 0 Å². The molecule has 0 aromatic rings. The van der Waals surface area contributed by atoms with Crippen molar-refractivity contribution in [2.75, 3.05) is 13.6 Å². The van der Waals surface area contributed by atoms with E-state index < -0.39 is 5.41 Å². The minimum atomic E-state index is -0.787. The molecular weight excluding hydrogens is 224 g/mol. The first-order valence-corrected chi connectivity index (χ1v) is 7.24. The van der Waals surface area contributed by atoms with Gasteiger partial charge in [-0.15, -0.1) is 0 Å². The van der Waals surface area contributed by atoms with E-state index in [4.69, 9.17) is 0 Å². The predicted molar refractivity (Wildman–Crippen MR) is 75.0 cm³/mol. The Morgan fingerprint density at radius 3 is 2.06 bits per heavy atom. The van der Waals surface area contributed by atoms with Crippen LogP contribution < -0.4 is 0 Å². The normalized spacial score (nSPS) is 11.1. The molecular formula is C15H28N2O. The smallest absolute Gasteiger partial charge is 0.242 e. The van der Waals surface area contributed by atoms with Crippen molar-refractivity contribution in [1.82, 2.24) is 4.90 Å². The molecule has 0 aromatic heterocycles. The van der Waals surface area contributed by atoms with Crippen molar-refractivity contribution in [3.05, 3.63) is 0 Å². The number of unbranched alkanes of at least 4 members (excludes halogenated alkanes) is 2. The third kappa shape index (κ3) is 4.68. The molecule has 0 saturated heterocycles. The Kier molecular flexibility index (Phi) is 8.45. The molecule has 18 heavy (non-hydrogen) atoms. The molecule has 0 rings (SSSR count). The lowest BCUT2D eigenvalue weighted by molar-refractivity contribution is -0.138. The van der Waals surface area contributed by atoms with Crippen LogP contribution in [0.3, 0.4) is 0 Å². The summed E-state index contributed by atoms with van der Waals surface area (Å²) >= 11 is 0. The minimum absolute atomic E-state index is 0.0183. The minimum Gasteiger partial charge on any atom is -0.344 e. The molecule has 0 saturated carbocycles. The molecule has 0 spiro atoms. The quantitative estimate of drug-likeness (QED) is 0.587. The van der Waals surface area contributed by atoms with Gasteiger partial charge in [-0.25, -0.2) is 0 Å². The average molecular weight is 252 g/mol. The first kappa shape index (κ1) is 17.0. The van der Waals surface area contributed by atoms with Gasteiger partial charge in [0.1, 0.15) is 5.41 Å². The first-order valence-electron chi connectivity index (χ1n) is 7.24. The van der Waals surface area contributed by atoms with Crippen LogP contribution in [0.4, 0.5) is 0 Å². The van der Waals surface area contributed by atoms with Crippen LogP contribution in [0.15, 0.2) is 0 Å². The molecule has 0 fully saturated rings. The lowest BCUT2D eigenvalue weighted by Gasteiger charge is -2.30. The Morgan fingerprint density at radius 1 is 1.11 bits per heavy atom. The summed E-state index contributed by atoms with van der Waals surface area (Å²) in [4.78, 5) is 14.2. The Hall–Kier alpha value is -1.04. The highest BCUT2D eigenvalue weighted by Crippen LogP contribution is 2.31. The molecule has 0 bridgehead atoms. The maximum absolute atomic E-state index is 12.5. The van der Waals surface area contributed by atoms with Crippen molar-refractivity contribution >= 4 is 5.91 Å². The Balaban J connectivity index is 4.68. The number of carbonyl (C=O) groups is 1. The lowest BCUT2D eigenvalue weighted by Crippen LogP contribution is -2.41. The zero-order valence-corrected chi connectivity index (χ0v) is 12.5. The van der Waals surface area contributed by atoms with Gasteiger partial charge in [-0.05, 0) is 19.3 Å². The van der Waals surface area contributed by atoms with Crippen molar-refractivity contribution in [1.29, 1.82) is 5.26 Å². The highest BCUT2D eigenvalue weighted by molar-refractivity contribution is 5.85. The zero-order valence-electron chi connectivity index (χ0n) is 12.5. The zero-order chi connectivity index (χ0) is 14.0. The van der Waals surface area contributed by atoms with Gasteiger partial charge < -0.3 is 4.90 Å².